The number of rotatable bonds is 6. The highest BCUT2D eigenvalue weighted by atomic mass is 32.2. The Morgan fingerprint density at radius 3 is 2.72 bits per heavy atom. The van der Waals surface area contributed by atoms with Gasteiger partial charge in [-0.05, 0) is 18.4 Å². The summed E-state index contributed by atoms with van der Waals surface area (Å²) in [7, 11) is 0. The summed E-state index contributed by atoms with van der Waals surface area (Å²) in [4.78, 5) is 8.78. The van der Waals surface area contributed by atoms with Gasteiger partial charge < -0.3 is 0 Å². The third-order valence-electron chi connectivity index (χ3n) is 5.19. The topological polar surface area (TPSA) is 53.3 Å². The van der Waals surface area contributed by atoms with Crippen LogP contribution >= 0.6 is 11.8 Å². The van der Waals surface area contributed by atoms with Crippen LogP contribution in [0, 0.1) is 11.3 Å². The van der Waals surface area contributed by atoms with Crippen molar-refractivity contribution >= 4 is 11.8 Å². The van der Waals surface area contributed by atoms with Gasteiger partial charge >= 0.3 is 0 Å². The van der Waals surface area contributed by atoms with E-state index in [2.05, 4.69) is 46.2 Å². The first-order valence-corrected chi connectivity index (χ1v) is 10.2. The molecule has 2 aliphatic rings. The third-order valence-corrected chi connectivity index (χ3v) is 6.26. The molecule has 6 nitrogen and oxygen atoms in total. The van der Waals surface area contributed by atoms with E-state index < -0.39 is 0 Å². The van der Waals surface area contributed by atoms with Crippen LogP contribution < -0.4 is 0 Å². The van der Waals surface area contributed by atoms with E-state index in [4.69, 9.17) is 9.89 Å². The summed E-state index contributed by atoms with van der Waals surface area (Å²) in [6.07, 6.45) is 2.29. The third kappa shape index (κ3) is 4.14. The van der Waals surface area contributed by atoms with Gasteiger partial charge in [-0.15, -0.1) is 11.8 Å². The summed E-state index contributed by atoms with van der Waals surface area (Å²) in [6.45, 7) is 5.02. The molecule has 3 heterocycles. The Kier molecular flexibility index (Phi) is 5.20. The Hall–Kier alpha value is -1.62. The van der Waals surface area contributed by atoms with E-state index in [0.717, 1.165) is 57.2 Å². The van der Waals surface area contributed by atoms with Gasteiger partial charge in [0.15, 0.2) is 0 Å². The van der Waals surface area contributed by atoms with Gasteiger partial charge in [0.2, 0.25) is 0 Å². The van der Waals surface area contributed by atoms with Gasteiger partial charge in [0.25, 0.3) is 0 Å². The molecule has 2 aromatic rings. The van der Waals surface area contributed by atoms with Crippen LogP contribution in [0.5, 0.6) is 0 Å². The van der Waals surface area contributed by atoms with Crippen molar-refractivity contribution in [2.75, 3.05) is 31.3 Å². The maximum Gasteiger partial charge on any atom is 0.108 e. The second-order valence-electron chi connectivity index (χ2n) is 6.91. The van der Waals surface area contributed by atoms with E-state index in [1.165, 1.54) is 5.56 Å². The minimum absolute atomic E-state index is 0.0691. The summed E-state index contributed by atoms with van der Waals surface area (Å²) in [6, 6.07) is 13.6. The van der Waals surface area contributed by atoms with Crippen LogP contribution in [0.4, 0.5) is 0 Å². The summed E-state index contributed by atoms with van der Waals surface area (Å²) in [5.41, 5.74) is 1.39. The van der Waals surface area contributed by atoms with Crippen molar-refractivity contribution < 1.29 is 4.63 Å². The van der Waals surface area contributed by atoms with Gasteiger partial charge in [0.1, 0.15) is 6.04 Å². The Labute approximate surface area is 152 Å². The fraction of sp³-hybridized carbons (Fsp3) is 0.611. The van der Waals surface area contributed by atoms with Crippen LogP contribution in [0.2, 0.25) is 0 Å². The minimum Gasteiger partial charge on any atom is -0.299 e. The van der Waals surface area contributed by atoms with E-state index in [1.807, 2.05) is 21.5 Å². The molecule has 25 heavy (non-hydrogen) atoms. The number of nitrogens with zero attached hydrogens (tertiary/aromatic N) is 5. The zero-order chi connectivity index (χ0) is 17.1. The number of benzene rings is 1. The first-order chi connectivity index (χ1) is 12.3. The predicted octanol–water partition coefficient (Wildman–Crippen LogP) is 2.62. The van der Waals surface area contributed by atoms with Crippen LogP contribution in [-0.2, 0) is 13.1 Å². The van der Waals surface area contributed by atoms with Gasteiger partial charge in [0.05, 0.1) is 18.7 Å². The monoisotopic (exact) mass is 359 g/mol. The normalized spacial score (nSPS) is 23.2. The van der Waals surface area contributed by atoms with E-state index in [0.29, 0.717) is 6.04 Å². The quantitative estimate of drug-likeness (QED) is 0.794. The number of piperidine rings is 1. The van der Waals surface area contributed by atoms with Crippen molar-refractivity contribution in [3.63, 3.8) is 0 Å². The molecule has 0 amide bonds. The summed E-state index contributed by atoms with van der Waals surface area (Å²) < 4.78 is 5.67. The Bertz CT molecular complexity index is 692. The van der Waals surface area contributed by atoms with Crippen LogP contribution in [-0.4, -0.2) is 56.8 Å². The van der Waals surface area contributed by atoms with Crippen molar-refractivity contribution in [1.29, 1.82) is 5.26 Å². The highest BCUT2D eigenvalue weighted by Crippen LogP contribution is 2.26. The standard InChI is InChI=1S/C18H25N5OS/c19-12-18-14-25-15-21(18)10-11-22-23(24-22)17-6-8-20(9-7-17)13-16-4-2-1-3-5-16/h1-5,17-18H,6-11,13-15H2. The largest absolute Gasteiger partial charge is 0.299 e. The maximum absolute atomic E-state index is 9.14. The second kappa shape index (κ2) is 7.73. The Morgan fingerprint density at radius 2 is 1.96 bits per heavy atom. The van der Waals surface area contributed by atoms with Crippen molar-refractivity contribution in [1.82, 2.24) is 19.5 Å². The molecule has 1 aromatic heterocycles. The smallest absolute Gasteiger partial charge is 0.108 e. The average molecular weight is 359 g/mol. The van der Waals surface area contributed by atoms with E-state index in [9.17, 15) is 0 Å². The van der Waals surface area contributed by atoms with E-state index in [-0.39, 0.29) is 6.04 Å². The highest BCUT2D eigenvalue weighted by Gasteiger charge is 2.29. The molecule has 134 valence electrons. The molecular formula is C18H25N5OS. The van der Waals surface area contributed by atoms with Crippen molar-refractivity contribution in [3.8, 4) is 6.07 Å². The van der Waals surface area contributed by atoms with Gasteiger partial charge in [-0.3, -0.25) is 14.4 Å². The Balaban J connectivity index is 1.20. The lowest BCUT2D eigenvalue weighted by atomic mass is 10.1. The molecule has 0 bridgehead atoms. The minimum atomic E-state index is 0.0691. The maximum atomic E-state index is 9.14. The zero-order valence-corrected chi connectivity index (χ0v) is 15.3. The fourth-order valence-corrected chi connectivity index (χ4v) is 4.80. The summed E-state index contributed by atoms with van der Waals surface area (Å²) in [5, 5.41) is 9.14. The van der Waals surface area contributed by atoms with Crippen molar-refractivity contribution in [2.24, 2.45) is 0 Å². The van der Waals surface area contributed by atoms with Crippen molar-refractivity contribution in [2.45, 2.75) is 38.0 Å². The van der Waals surface area contributed by atoms with Gasteiger partial charge in [-0.25, -0.2) is 0 Å². The molecule has 0 saturated carbocycles. The molecule has 0 N–H and O–H groups in total. The van der Waals surface area contributed by atoms with Crippen molar-refractivity contribution in [3.05, 3.63) is 35.9 Å². The molecular weight excluding hydrogens is 334 g/mol. The fourth-order valence-electron chi connectivity index (χ4n) is 3.64. The second-order valence-corrected chi connectivity index (χ2v) is 7.91. The van der Waals surface area contributed by atoms with E-state index >= 15 is 0 Å². The highest BCUT2D eigenvalue weighted by molar-refractivity contribution is 7.99. The molecule has 2 fully saturated rings. The number of hydrogen-bond donors (Lipinski definition) is 0. The average Bonchev–Trinajstić information content (AvgIpc) is 3.29. The zero-order valence-electron chi connectivity index (χ0n) is 14.5. The number of thioether (sulfide) groups is 1. The lowest BCUT2D eigenvalue weighted by Crippen LogP contribution is -2.34. The molecule has 7 heteroatoms. The number of hydrogen-bond acceptors (Lipinski definition) is 5. The summed E-state index contributed by atoms with van der Waals surface area (Å²) >= 11 is 1.84. The number of aromatic nitrogens is 2. The molecule has 2 saturated heterocycles. The van der Waals surface area contributed by atoms with Crippen LogP contribution in [0.25, 0.3) is 0 Å². The van der Waals surface area contributed by atoms with Gasteiger partial charge in [-0.2, -0.15) is 5.26 Å². The first-order valence-electron chi connectivity index (χ1n) is 9.06. The molecule has 2 aliphatic heterocycles. The molecule has 4 rings (SSSR count). The van der Waals surface area contributed by atoms with Gasteiger partial charge in [0, 0.05) is 37.8 Å². The molecule has 1 unspecified atom stereocenters. The lowest BCUT2D eigenvalue weighted by Gasteiger charge is -2.29. The number of nitriles is 1. The first kappa shape index (κ1) is 16.8. The molecule has 1 atom stereocenters. The molecule has 0 radical (unpaired) electrons. The SMILES string of the molecule is N#CC1CSCN1CCn1on1C1CCN(Cc2ccccc2)CC1. The van der Waals surface area contributed by atoms with Gasteiger partial charge in [-0.1, -0.05) is 40.0 Å². The van der Waals surface area contributed by atoms with Crippen LogP contribution in [0.15, 0.2) is 35.0 Å². The van der Waals surface area contributed by atoms with Crippen LogP contribution in [0.3, 0.4) is 0 Å². The van der Waals surface area contributed by atoms with E-state index in [1.54, 1.807) is 0 Å². The predicted molar refractivity (Wildman–Crippen MR) is 98.1 cm³/mol. The van der Waals surface area contributed by atoms with Crippen LogP contribution in [0.1, 0.15) is 24.4 Å². The summed E-state index contributed by atoms with van der Waals surface area (Å²) in [5.74, 6) is 1.89. The molecule has 0 aliphatic carbocycles. The number of likely N-dealkylation sites (tertiary alicyclic amines) is 1. The lowest BCUT2D eigenvalue weighted by molar-refractivity contribution is 0.163. The molecule has 1 aromatic carbocycles. The Morgan fingerprint density at radius 1 is 1.16 bits per heavy atom. The molecule has 0 spiro atoms.